The molecule has 1 N–H and O–H groups in total. The predicted molar refractivity (Wildman–Crippen MR) is 30.0 cm³/mol. The fourth-order valence-electron chi connectivity index (χ4n) is 0.275. The van der Waals surface area contributed by atoms with Crippen LogP contribution in [0, 0.1) is 0 Å². The van der Waals surface area contributed by atoms with Gasteiger partial charge in [-0.25, -0.2) is 0 Å². The maximum atomic E-state index is 10.0. The van der Waals surface area contributed by atoms with Gasteiger partial charge in [-0.3, -0.25) is 0 Å². The van der Waals surface area contributed by atoms with Crippen LogP contribution in [0.3, 0.4) is 0 Å². The summed E-state index contributed by atoms with van der Waals surface area (Å²) < 4.78 is 23.1. The molecule has 0 aromatic rings. The number of rotatable bonds is 4. The fraction of sp³-hybridized carbons (Fsp3) is 1.00. The summed E-state index contributed by atoms with van der Waals surface area (Å²) in [6.07, 6.45) is 0. The van der Waals surface area contributed by atoms with E-state index in [1.165, 1.54) is 0 Å². The van der Waals surface area contributed by atoms with Crippen molar-refractivity contribution in [1.29, 1.82) is 0 Å². The molecule has 0 aromatic heterocycles. The van der Waals surface area contributed by atoms with Gasteiger partial charge in [-0.2, -0.15) is 0 Å². The summed E-state index contributed by atoms with van der Waals surface area (Å²) in [6, 6.07) is 0. The van der Waals surface area contributed by atoms with Gasteiger partial charge in [-0.1, -0.05) is 0 Å². The zero-order valence-electron chi connectivity index (χ0n) is 4.79. The van der Waals surface area contributed by atoms with Gasteiger partial charge in [-0.15, -0.1) is 0 Å². The molecule has 0 heterocycles. The zero-order chi connectivity index (χ0) is 6.41. The molecule has 0 aliphatic heterocycles. The van der Waals surface area contributed by atoms with E-state index in [4.69, 9.17) is 8.93 Å². The van der Waals surface area contributed by atoms with Gasteiger partial charge in [0.1, 0.15) is 0 Å². The molecule has 0 saturated carbocycles. The molecule has 0 spiro atoms. The standard InChI is InChI=1S/C4H10O3Se/c1-2-7-3-4-8(5)6/h2-4H2,1H3,(H,5,6). The third kappa shape index (κ3) is 6.24. The van der Waals surface area contributed by atoms with E-state index in [1.54, 1.807) is 0 Å². The van der Waals surface area contributed by atoms with Gasteiger partial charge < -0.3 is 0 Å². The molecular formula is C4H10O3Se. The molecule has 8 heavy (non-hydrogen) atoms. The molecule has 0 rings (SSSR count). The summed E-state index contributed by atoms with van der Waals surface area (Å²) in [4.78, 5) is 0. The van der Waals surface area contributed by atoms with E-state index >= 15 is 0 Å². The van der Waals surface area contributed by atoms with Crippen molar-refractivity contribution in [1.82, 2.24) is 0 Å². The molecule has 0 radical (unpaired) electrons. The van der Waals surface area contributed by atoms with Gasteiger partial charge in [0.15, 0.2) is 0 Å². The summed E-state index contributed by atoms with van der Waals surface area (Å²) in [5, 5.41) is 0.313. The molecule has 0 saturated heterocycles. The molecule has 0 bridgehead atoms. The summed E-state index contributed by atoms with van der Waals surface area (Å²) in [6.45, 7) is 2.90. The van der Waals surface area contributed by atoms with E-state index in [9.17, 15) is 3.83 Å². The van der Waals surface area contributed by atoms with Crippen LogP contribution in [0.4, 0.5) is 0 Å². The van der Waals surface area contributed by atoms with Crippen molar-refractivity contribution in [3.63, 3.8) is 0 Å². The van der Waals surface area contributed by atoms with Crippen molar-refractivity contribution in [2.24, 2.45) is 0 Å². The molecule has 0 aliphatic carbocycles. The van der Waals surface area contributed by atoms with Gasteiger partial charge in [0.05, 0.1) is 0 Å². The van der Waals surface area contributed by atoms with Crippen LogP contribution in [0.15, 0.2) is 0 Å². The van der Waals surface area contributed by atoms with Crippen LogP contribution < -0.4 is 0 Å². The van der Waals surface area contributed by atoms with Gasteiger partial charge in [0, 0.05) is 0 Å². The van der Waals surface area contributed by atoms with E-state index in [2.05, 4.69) is 0 Å². The van der Waals surface area contributed by atoms with Crippen molar-refractivity contribution < 1.29 is 12.8 Å². The van der Waals surface area contributed by atoms with Crippen LogP contribution in [-0.2, 0) is 8.57 Å². The Bertz CT molecular complexity index is 73.7. The third-order valence-electron chi connectivity index (χ3n) is 0.606. The van der Waals surface area contributed by atoms with Crippen molar-refractivity contribution in [2.75, 3.05) is 13.2 Å². The van der Waals surface area contributed by atoms with Crippen molar-refractivity contribution in [3.8, 4) is 0 Å². The molecule has 0 aliphatic rings. The Labute approximate surface area is 53.1 Å². The molecular weight excluding hydrogens is 175 g/mol. The first-order valence-electron chi connectivity index (χ1n) is 2.42. The van der Waals surface area contributed by atoms with Crippen molar-refractivity contribution in [3.05, 3.63) is 0 Å². The molecule has 1 atom stereocenters. The number of hydrogen-bond donors (Lipinski definition) is 1. The maximum absolute atomic E-state index is 10.0. The minimum absolute atomic E-state index is 0.313. The van der Waals surface area contributed by atoms with Crippen LogP contribution in [0.25, 0.3) is 0 Å². The third-order valence-corrected chi connectivity index (χ3v) is 1.69. The zero-order valence-corrected chi connectivity index (χ0v) is 6.51. The SMILES string of the molecule is CCOCC[Se](=O)O. The number of hydrogen-bond acceptors (Lipinski definition) is 2. The molecule has 4 heteroatoms. The van der Waals surface area contributed by atoms with Gasteiger partial charge in [-0.05, 0) is 0 Å². The normalized spacial score (nSPS) is 13.8. The quantitative estimate of drug-likeness (QED) is 0.492. The van der Waals surface area contributed by atoms with Crippen molar-refractivity contribution >= 4 is 14.2 Å². The predicted octanol–water partition coefficient (Wildman–Crippen LogP) is -0.0661. The average Bonchev–Trinajstić information content (AvgIpc) is 1.66. The second kappa shape index (κ2) is 5.38. The van der Waals surface area contributed by atoms with Gasteiger partial charge >= 0.3 is 52.4 Å². The second-order valence-electron chi connectivity index (χ2n) is 1.22. The topological polar surface area (TPSA) is 46.5 Å². The molecule has 1 unspecified atom stereocenters. The Morgan fingerprint density at radius 3 is 2.75 bits per heavy atom. The Kier molecular flexibility index (Phi) is 5.54. The van der Waals surface area contributed by atoms with E-state index in [0.29, 0.717) is 18.5 Å². The van der Waals surface area contributed by atoms with Crippen LogP contribution in [0.5, 0.6) is 0 Å². The van der Waals surface area contributed by atoms with E-state index in [0.717, 1.165) is 0 Å². The fourth-order valence-corrected chi connectivity index (χ4v) is 0.821. The van der Waals surface area contributed by atoms with E-state index in [-0.39, 0.29) is 0 Å². The Hall–Kier alpha value is 0.239. The van der Waals surface area contributed by atoms with Crippen LogP contribution in [-0.4, -0.2) is 31.6 Å². The summed E-state index contributed by atoms with van der Waals surface area (Å²) in [5.41, 5.74) is 0. The molecule has 0 amide bonds. The van der Waals surface area contributed by atoms with E-state index < -0.39 is 14.2 Å². The first kappa shape index (κ1) is 8.24. The van der Waals surface area contributed by atoms with Crippen molar-refractivity contribution in [2.45, 2.75) is 12.2 Å². The first-order valence-corrected chi connectivity index (χ1v) is 5.10. The first-order chi connectivity index (χ1) is 3.77. The Morgan fingerprint density at radius 1 is 1.75 bits per heavy atom. The molecule has 3 nitrogen and oxygen atoms in total. The molecule has 0 aromatic carbocycles. The van der Waals surface area contributed by atoms with Gasteiger partial charge in [0.25, 0.3) is 0 Å². The summed E-state index contributed by atoms with van der Waals surface area (Å²) in [7, 11) is 0. The van der Waals surface area contributed by atoms with Crippen LogP contribution in [0.2, 0.25) is 5.32 Å². The molecule has 50 valence electrons. The average molecular weight is 185 g/mol. The van der Waals surface area contributed by atoms with Gasteiger partial charge in [0.2, 0.25) is 0 Å². The van der Waals surface area contributed by atoms with Crippen LogP contribution >= 0.6 is 0 Å². The Balaban J connectivity index is 2.82. The monoisotopic (exact) mass is 186 g/mol. The molecule has 0 fully saturated rings. The van der Waals surface area contributed by atoms with Crippen LogP contribution in [0.1, 0.15) is 6.92 Å². The Morgan fingerprint density at radius 2 is 2.38 bits per heavy atom. The van der Waals surface area contributed by atoms with E-state index in [1.807, 2.05) is 6.92 Å². The summed E-state index contributed by atoms with van der Waals surface area (Å²) in [5.74, 6) is 0. The second-order valence-corrected chi connectivity index (χ2v) is 3.43. The number of ether oxygens (including phenoxy) is 1. The minimum atomic E-state index is -2.47. The summed E-state index contributed by atoms with van der Waals surface area (Å²) >= 11 is -2.47.